The van der Waals surface area contributed by atoms with E-state index in [9.17, 15) is 22.0 Å². The van der Waals surface area contributed by atoms with E-state index in [2.05, 4.69) is 4.74 Å². The zero-order valence-corrected chi connectivity index (χ0v) is 14.8. The zero-order valence-electron chi connectivity index (χ0n) is 14.8. The van der Waals surface area contributed by atoms with Crippen LogP contribution in [0.3, 0.4) is 0 Å². The molecule has 0 aliphatic carbocycles. The fourth-order valence-corrected chi connectivity index (χ4v) is 2.69. The first kappa shape index (κ1) is 19.6. The molecule has 3 aromatic carbocycles. The van der Waals surface area contributed by atoms with Gasteiger partial charge in [-0.3, -0.25) is 0 Å². The third-order valence-corrected chi connectivity index (χ3v) is 4.12. The highest BCUT2D eigenvalue weighted by atomic mass is 19.2. The van der Waals surface area contributed by atoms with Gasteiger partial charge < -0.3 is 4.74 Å². The van der Waals surface area contributed by atoms with Gasteiger partial charge in [0.05, 0.1) is 6.61 Å². The lowest BCUT2D eigenvalue weighted by Gasteiger charge is -2.07. The van der Waals surface area contributed by atoms with Gasteiger partial charge in [-0.2, -0.15) is 8.78 Å². The Morgan fingerprint density at radius 1 is 0.714 bits per heavy atom. The molecule has 0 bridgehead atoms. The second-order valence-electron chi connectivity index (χ2n) is 5.93. The van der Waals surface area contributed by atoms with E-state index in [-0.39, 0.29) is 17.7 Å². The zero-order chi connectivity index (χ0) is 20.3. The summed E-state index contributed by atoms with van der Waals surface area (Å²) >= 11 is 0. The van der Waals surface area contributed by atoms with Crippen molar-refractivity contribution in [2.45, 2.75) is 6.92 Å². The first-order chi connectivity index (χ1) is 13.4. The molecule has 0 saturated carbocycles. The predicted molar refractivity (Wildman–Crippen MR) is 98.0 cm³/mol. The number of hydrogen-bond acceptors (Lipinski definition) is 1. The predicted octanol–water partition coefficient (Wildman–Crippen LogP) is 7.04. The Kier molecular flexibility index (Phi) is 5.78. The van der Waals surface area contributed by atoms with Crippen molar-refractivity contribution in [2.75, 3.05) is 6.61 Å². The monoisotopic (exact) mass is 390 g/mol. The van der Waals surface area contributed by atoms with Crippen LogP contribution in [0.15, 0.2) is 66.7 Å². The molecule has 0 N–H and O–H groups in total. The summed E-state index contributed by atoms with van der Waals surface area (Å²) in [5.41, 5.74) is 2.25. The number of halogens is 5. The Hall–Kier alpha value is -3.15. The van der Waals surface area contributed by atoms with Crippen molar-refractivity contribution in [3.63, 3.8) is 0 Å². The summed E-state index contributed by atoms with van der Waals surface area (Å²) in [6.07, 6.45) is 0. The molecule has 0 radical (unpaired) electrons. The lowest BCUT2D eigenvalue weighted by Crippen LogP contribution is -1.92. The minimum absolute atomic E-state index is 0.0194. The van der Waals surface area contributed by atoms with Crippen LogP contribution < -0.4 is 0 Å². The van der Waals surface area contributed by atoms with Crippen molar-refractivity contribution >= 4 is 5.83 Å². The average molecular weight is 390 g/mol. The smallest absolute Gasteiger partial charge is 0.309 e. The molecule has 28 heavy (non-hydrogen) atoms. The van der Waals surface area contributed by atoms with Gasteiger partial charge in [0.25, 0.3) is 0 Å². The molecular weight excluding hydrogens is 375 g/mol. The molecule has 1 nitrogen and oxygen atoms in total. The molecule has 0 aromatic heterocycles. The van der Waals surface area contributed by atoms with E-state index in [0.717, 1.165) is 23.3 Å². The van der Waals surface area contributed by atoms with E-state index in [1.165, 1.54) is 12.1 Å². The summed E-state index contributed by atoms with van der Waals surface area (Å²) in [5, 5.41) is 0. The van der Waals surface area contributed by atoms with Crippen molar-refractivity contribution < 1.29 is 26.7 Å². The van der Waals surface area contributed by atoms with Crippen LogP contribution in [0.1, 0.15) is 12.5 Å². The molecule has 0 amide bonds. The molecule has 0 aliphatic rings. The van der Waals surface area contributed by atoms with E-state index < -0.39 is 29.3 Å². The van der Waals surface area contributed by atoms with E-state index in [1.807, 2.05) is 0 Å². The van der Waals surface area contributed by atoms with E-state index in [0.29, 0.717) is 5.56 Å². The second kappa shape index (κ2) is 8.25. The van der Waals surface area contributed by atoms with Gasteiger partial charge in [-0.1, -0.05) is 48.5 Å². The quantitative estimate of drug-likeness (QED) is 0.258. The van der Waals surface area contributed by atoms with Gasteiger partial charge in [0.1, 0.15) is 0 Å². The normalized spacial score (nSPS) is 11.9. The molecule has 0 spiro atoms. The topological polar surface area (TPSA) is 9.23 Å². The lowest BCUT2D eigenvalue weighted by atomic mass is 9.99. The van der Waals surface area contributed by atoms with Crippen LogP contribution in [-0.4, -0.2) is 6.61 Å². The molecule has 0 atom stereocenters. The highest BCUT2D eigenvalue weighted by molar-refractivity contribution is 5.72. The van der Waals surface area contributed by atoms with Gasteiger partial charge in [0.2, 0.25) is 5.83 Å². The van der Waals surface area contributed by atoms with Crippen LogP contribution in [-0.2, 0) is 4.74 Å². The van der Waals surface area contributed by atoms with Crippen LogP contribution in [0.4, 0.5) is 22.0 Å². The molecule has 0 heterocycles. The number of hydrogen-bond donors (Lipinski definition) is 0. The maximum absolute atomic E-state index is 13.9. The Morgan fingerprint density at radius 3 is 1.61 bits per heavy atom. The van der Waals surface area contributed by atoms with Crippen LogP contribution in [0, 0.1) is 17.5 Å². The SMILES string of the molecule is CCO/C(F)=C(\F)c1ccc(-c2ccc(-c3cc(F)c(F)c(F)c3)cc2)cc1. The van der Waals surface area contributed by atoms with Crippen molar-refractivity contribution in [3.8, 4) is 22.3 Å². The third kappa shape index (κ3) is 4.06. The molecule has 0 fully saturated rings. The van der Waals surface area contributed by atoms with Gasteiger partial charge in [0.15, 0.2) is 17.5 Å². The highest BCUT2D eigenvalue weighted by Crippen LogP contribution is 2.29. The summed E-state index contributed by atoms with van der Waals surface area (Å²) in [5.74, 6) is -5.11. The van der Waals surface area contributed by atoms with Gasteiger partial charge in [-0.05, 0) is 41.3 Å². The summed E-state index contributed by atoms with van der Waals surface area (Å²) in [7, 11) is 0. The number of benzene rings is 3. The number of rotatable bonds is 5. The average Bonchev–Trinajstić information content (AvgIpc) is 2.71. The van der Waals surface area contributed by atoms with Gasteiger partial charge in [0, 0.05) is 5.56 Å². The fourth-order valence-electron chi connectivity index (χ4n) is 2.69. The van der Waals surface area contributed by atoms with E-state index in [1.54, 1.807) is 43.3 Å². The fraction of sp³-hybridized carbons (Fsp3) is 0.0909. The highest BCUT2D eigenvalue weighted by Gasteiger charge is 2.12. The van der Waals surface area contributed by atoms with E-state index >= 15 is 0 Å². The number of ether oxygens (including phenoxy) is 1. The lowest BCUT2D eigenvalue weighted by molar-refractivity contribution is 0.156. The van der Waals surface area contributed by atoms with Crippen molar-refractivity contribution in [1.82, 2.24) is 0 Å². The van der Waals surface area contributed by atoms with E-state index in [4.69, 9.17) is 0 Å². The molecule has 3 aromatic rings. The summed E-state index contributed by atoms with van der Waals surface area (Å²) in [6.45, 7) is 1.57. The minimum atomic E-state index is -1.51. The van der Waals surface area contributed by atoms with Crippen molar-refractivity contribution in [1.29, 1.82) is 0 Å². The maximum atomic E-state index is 13.9. The van der Waals surface area contributed by atoms with Crippen LogP contribution in [0.25, 0.3) is 28.1 Å². The van der Waals surface area contributed by atoms with Crippen LogP contribution in [0.2, 0.25) is 0 Å². The van der Waals surface area contributed by atoms with Crippen LogP contribution >= 0.6 is 0 Å². The summed E-state index contributed by atoms with van der Waals surface area (Å²) in [6, 6.07) is 13.3. The molecule has 0 unspecified atom stereocenters. The molecule has 3 rings (SSSR count). The second-order valence-corrected chi connectivity index (χ2v) is 5.93. The summed E-state index contributed by atoms with van der Waals surface area (Å²) in [4.78, 5) is 0. The molecular formula is C22H15F5O. The molecule has 0 saturated heterocycles. The molecule has 144 valence electrons. The summed E-state index contributed by atoms with van der Waals surface area (Å²) < 4.78 is 71.7. The maximum Gasteiger partial charge on any atom is 0.309 e. The van der Waals surface area contributed by atoms with Crippen molar-refractivity contribution in [3.05, 3.63) is 89.7 Å². The largest absolute Gasteiger partial charge is 0.469 e. The Bertz CT molecular complexity index is 985. The molecule has 6 heteroatoms. The Labute approximate surface area is 158 Å². The Morgan fingerprint density at radius 2 is 1.14 bits per heavy atom. The van der Waals surface area contributed by atoms with Crippen molar-refractivity contribution in [2.24, 2.45) is 0 Å². The Balaban J connectivity index is 1.85. The van der Waals surface area contributed by atoms with Gasteiger partial charge in [-0.25, -0.2) is 13.2 Å². The molecule has 0 aliphatic heterocycles. The van der Waals surface area contributed by atoms with Crippen LogP contribution in [0.5, 0.6) is 0 Å². The third-order valence-electron chi connectivity index (χ3n) is 4.12. The van der Waals surface area contributed by atoms with Gasteiger partial charge >= 0.3 is 6.01 Å². The minimum Gasteiger partial charge on any atom is -0.469 e. The van der Waals surface area contributed by atoms with Gasteiger partial charge in [-0.15, -0.1) is 0 Å². The standard InChI is InChI=1S/C22H15F5O/c1-2-28-22(27)20(25)16-9-7-14(8-10-16)13-3-5-15(6-4-13)17-11-18(23)21(26)19(24)12-17/h3-12H,2H2,1H3/b22-20-. The first-order valence-electron chi connectivity index (χ1n) is 8.44. The first-order valence-corrected chi connectivity index (χ1v) is 8.44.